The standard InChI is InChI=1S/C24H29FN4O5/c25-16-5-1-3-14-10-19(27-21(14)16)24(34)29-18(9-13-6-7-13)23(33)28-17(20(31)12-30)11-15-4-2-8-26-22(15)32/h1,3,5,10,13,15,17-18,27,30H,2,4,6-9,11-12H2,(H,26,32)(H,28,33)(H,29,34)/t15-,17-,18-/m0/s1. The van der Waals surface area contributed by atoms with Crippen LogP contribution in [0.2, 0.25) is 0 Å². The molecule has 34 heavy (non-hydrogen) atoms. The van der Waals surface area contributed by atoms with Crippen LogP contribution in [0.1, 0.15) is 49.0 Å². The van der Waals surface area contributed by atoms with Crippen LogP contribution in [0.25, 0.3) is 10.9 Å². The minimum Gasteiger partial charge on any atom is -0.389 e. The molecule has 4 rings (SSSR count). The maximum atomic E-state index is 14.0. The van der Waals surface area contributed by atoms with Crippen LogP contribution < -0.4 is 16.0 Å². The number of hydrogen-bond donors (Lipinski definition) is 5. The van der Waals surface area contributed by atoms with E-state index in [1.54, 1.807) is 12.1 Å². The van der Waals surface area contributed by atoms with Crippen molar-refractivity contribution in [2.24, 2.45) is 11.8 Å². The number of carbonyl (C=O) groups excluding carboxylic acids is 4. The van der Waals surface area contributed by atoms with E-state index in [1.807, 2.05) is 0 Å². The summed E-state index contributed by atoms with van der Waals surface area (Å²) < 4.78 is 14.0. The number of para-hydroxylation sites is 1. The minimum absolute atomic E-state index is 0.0857. The van der Waals surface area contributed by atoms with Gasteiger partial charge in [0.15, 0.2) is 5.78 Å². The Labute approximate surface area is 195 Å². The summed E-state index contributed by atoms with van der Waals surface area (Å²) in [5.41, 5.74) is 0.325. The predicted octanol–water partition coefficient (Wildman–Crippen LogP) is 1.17. The number of rotatable bonds is 10. The molecular formula is C24H29FN4O5. The fourth-order valence-corrected chi connectivity index (χ4v) is 4.39. The maximum absolute atomic E-state index is 14.0. The summed E-state index contributed by atoms with van der Waals surface area (Å²) in [6.45, 7) is -0.187. The second-order valence-electron chi connectivity index (χ2n) is 9.14. The Morgan fingerprint density at radius 1 is 1.12 bits per heavy atom. The van der Waals surface area contributed by atoms with E-state index >= 15 is 0 Å². The number of nitrogens with one attached hydrogen (secondary N) is 4. The van der Waals surface area contributed by atoms with Gasteiger partial charge in [0.2, 0.25) is 11.8 Å². The molecule has 0 radical (unpaired) electrons. The number of piperidine rings is 1. The van der Waals surface area contributed by atoms with E-state index < -0.39 is 48.0 Å². The third-order valence-corrected chi connectivity index (χ3v) is 6.52. The van der Waals surface area contributed by atoms with Gasteiger partial charge in [-0.3, -0.25) is 19.2 Å². The highest BCUT2D eigenvalue weighted by Crippen LogP contribution is 2.33. The summed E-state index contributed by atoms with van der Waals surface area (Å²) in [5, 5.41) is 18.0. The van der Waals surface area contributed by atoms with E-state index in [9.17, 15) is 28.7 Å². The topological polar surface area (TPSA) is 140 Å². The van der Waals surface area contributed by atoms with Gasteiger partial charge < -0.3 is 26.0 Å². The number of aromatic amines is 1. The summed E-state index contributed by atoms with van der Waals surface area (Å²) in [6, 6.07) is 4.07. The monoisotopic (exact) mass is 472 g/mol. The second-order valence-corrected chi connectivity index (χ2v) is 9.14. The molecule has 10 heteroatoms. The third-order valence-electron chi connectivity index (χ3n) is 6.52. The second kappa shape index (κ2) is 10.3. The normalized spacial score (nSPS) is 19.8. The van der Waals surface area contributed by atoms with Crippen LogP contribution >= 0.6 is 0 Å². The van der Waals surface area contributed by atoms with E-state index in [1.165, 1.54) is 12.1 Å². The van der Waals surface area contributed by atoms with E-state index in [4.69, 9.17) is 0 Å². The van der Waals surface area contributed by atoms with Crippen molar-refractivity contribution in [3.63, 3.8) is 0 Å². The lowest BCUT2D eigenvalue weighted by atomic mass is 9.90. The number of amides is 3. The van der Waals surface area contributed by atoms with Gasteiger partial charge in [-0.2, -0.15) is 0 Å². The van der Waals surface area contributed by atoms with Crippen molar-refractivity contribution >= 4 is 34.4 Å². The van der Waals surface area contributed by atoms with Crippen molar-refractivity contribution in [1.82, 2.24) is 20.9 Å². The summed E-state index contributed by atoms with van der Waals surface area (Å²) >= 11 is 0. The zero-order chi connectivity index (χ0) is 24.2. The highest BCUT2D eigenvalue weighted by atomic mass is 19.1. The molecule has 1 aliphatic heterocycles. The molecule has 182 valence electrons. The summed E-state index contributed by atoms with van der Waals surface area (Å²) in [6.07, 6.45) is 3.74. The van der Waals surface area contributed by atoms with Gasteiger partial charge in [0.05, 0.1) is 11.6 Å². The van der Waals surface area contributed by atoms with Crippen molar-refractivity contribution in [2.45, 2.75) is 50.6 Å². The van der Waals surface area contributed by atoms with E-state index in [0.29, 0.717) is 24.8 Å². The molecule has 1 aromatic heterocycles. The number of benzene rings is 1. The molecule has 2 aliphatic rings. The van der Waals surface area contributed by atoms with Gasteiger partial charge in [0, 0.05) is 17.8 Å². The van der Waals surface area contributed by atoms with Gasteiger partial charge in [-0.15, -0.1) is 0 Å². The smallest absolute Gasteiger partial charge is 0.268 e. The van der Waals surface area contributed by atoms with Crippen LogP contribution in [-0.2, 0) is 14.4 Å². The number of aromatic nitrogens is 1. The number of aliphatic hydroxyl groups excluding tert-OH is 1. The number of fused-ring (bicyclic) bond motifs is 1. The summed E-state index contributed by atoms with van der Waals surface area (Å²) in [7, 11) is 0. The number of H-pyrrole nitrogens is 1. The largest absolute Gasteiger partial charge is 0.389 e. The summed E-state index contributed by atoms with van der Waals surface area (Å²) in [4.78, 5) is 53.2. The molecule has 1 saturated carbocycles. The lowest BCUT2D eigenvalue weighted by Crippen LogP contribution is -2.53. The fraction of sp³-hybridized carbons (Fsp3) is 0.500. The number of ketones is 1. The van der Waals surface area contributed by atoms with Gasteiger partial charge in [-0.1, -0.05) is 25.0 Å². The fourth-order valence-electron chi connectivity index (χ4n) is 4.39. The molecule has 3 atom stereocenters. The van der Waals surface area contributed by atoms with Crippen molar-refractivity contribution in [1.29, 1.82) is 0 Å². The molecule has 1 saturated heterocycles. The van der Waals surface area contributed by atoms with Crippen LogP contribution in [0, 0.1) is 17.7 Å². The summed E-state index contributed by atoms with van der Waals surface area (Å²) in [5.74, 6) is -2.52. The van der Waals surface area contributed by atoms with Crippen LogP contribution in [0.4, 0.5) is 4.39 Å². The molecule has 1 aromatic carbocycles. The molecule has 1 aliphatic carbocycles. The zero-order valence-electron chi connectivity index (χ0n) is 18.7. The molecule has 0 spiro atoms. The molecule has 2 heterocycles. The molecule has 2 fully saturated rings. The van der Waals surface area contributed by atoms with Crippen LogP contribution in [0.15, 0.2) is 24.3 Å². The van der Waals surface area contributed by atoms with Crippen LogP contribution in [0.3, 0.4) is 0 Å². The van der Waals surface area contributed by atoms with Crippen LogP contribution in [0.5, 0.6) is 0 Å². The predicted molar refractivity (Wildman–Crippen MR) is 121 cm³/mol. The number of Topliss-reactive ketones (excluding diaryl/α,β-unsaturated/α-hetero) is 1. The highest BCUT2D eigenvalue weighted by Gasteiger charge is 2.34. The van der Waals surface area contributed by atoms with Crippen molar-refractivity contribution < 1.29 is 28.7 Å². The molecule has 0 bridgehead atoms. The number of hydrogen-bond acceptors (Lipinski definition) is 5. The molecule has 0 unspecified atom stereocenters. The molecular weight excluding hydrogens is 443 g/mol. The lowest BCUT2D eigenvalue weighted by molar-refractivity contribution is -0.132. The number of halogens is 1. The van der Waals surface area contributed by atoms with E-state index in [0.717, 1.165) is 19.3 Å². The zero-order valence-corrected chi connectivity index (χ0v) is 18.7. The van der Waals surface area contributed by atoms with Crippen molar-refractivity contribution in [3.05, 3.63) is 35.8 Å². The Hall–Kier alpha value is -3.27. The maximum Gasteiger partial charge on any atom is 0.268 e. The first-order valence-electron chi connectivity index (χ1n) is 11.7. The molecule has 2 aromatic rings. The van der Waals surface area contributed by atoms with Crippen LogP contribution in [-0.4, -0.2) is 58.8 Å². The van der Waals surface area contributed by atoms with Gasteiger partial charge in [0.1, 0.15) is 24.2 Å². The highest BCUT2D eigenvalue weighted by molar-refractivity contribution is 6.01. The SMILES string of the molecule is O=C(N[C@@H](CC1CC1)C(=O)N[C@@H](C[C@@H]1CCCNC1=O)C(=O)CO)c1cc2cccc(F)c2[nH]1. The lowest BCUT2D eigenvalue weighted by Gasteiger charge is -2.27. The Balaban J connectivity index is 1.46. The quantitative estimate of drug-likeness (QED) is 0.353. The van der Waals surface area contributed by atoms with E-state index in [-0.39, 0.29) is 29.5 Å². The Morgan fingerprint density at radius 3 is 2.59 bits per heavy atom. The molecule has 3 amide bonds. The average Bonchev–Trinajstić information content (AvgIpc) is 3.53. The first-order chi connectivity index (χ1) is 16.4. The molecule has 9 nitrogen and oxygen atoms in total. The minimum atomic E-state index is -1.04. The Morgan fingerprint density at radius 2 is 1.91 bits per heavy atom. The Kier molecular flexibility index (Phi) is 7.26. The van der Waals surface area contributed by atoms with Gasteiger partial charge in [0.25, 0.3) is 5.91 Å². The number of aliphatic hydroxyl groups is 1. The molecule has 5 N–H and O–H groups in total. The van der Waals surface area contributed by atoms with Gasteiger partial charge >= 0.3 is 0 Å². The Bertz CT molecular complexity index is 1100. The first kappa shape index (κ1) is 23.9. The first-order valence-corrected chi connectivity index (χ1v) is 11.7. The van der Waals surface area contributed by atoms with Crippen molar-refractivity contribution in [2.75, 3.05) is 13.2 Å². The third kappa shape index (κ3) is 5.61. The van der Waals surface area contributed by atoms with E-state index in [2.05, 4.69) is 20.9 Å². The van der Waals surface area contributed by atoms with Gasteiger partial charge in [-0.05, 0) is 43.7 Å². The number of carbonyl (C=O) groups is 4. The average molecular weight is 473 g/mol. The van der Waals surface area contributed by atoms with Crippen molar-refractivity contribution in [3.8, 4) is 0 Å². The van der Waals surface area contributed by atoms with Gasteiger partial charge in [-0.25, -0.2) is 4.39 Å².